The molecule has 0 amide bonds. The summed E-state index contributed by atoms with van der Waals surface area (Å²) >= 11 is 0. The van der Waals surface area contributed by atoms with E-state index in [0.717, 1.165) is 0 Å². The SMILES string of the molecule is CC1(C)O[C@H]2O[C@H]3[C@H](OP4OC[C@H]3O4)[C@H]2O1. The summed E-state index contributed by atoms with van der Waals surface area (Å²) < 4.78 is 33.8. The van der Waals surface area contributed by atoms with Gasteiger partial charge in [0.25, 0.3) is 0 Å². The second-order valence-electron chi connectivity index (χ2n) is 4.80. The van der Waals surface area contributed by atoms with Crippen molar-refractivity contribution in [3.05, 3.63) is 0 Å². The lowest BCUT2D eigenvalue weighted by Gasteiger charge is -2.31. The summed E-state index contributed by atoms with van der Waals surface area (Å²) in [7, 11) is -1.20. The van der Waals surface area contributed by atoms with Crippen LogP contribution in [-0.4, -0.2) is 43.1 Å². The Balaban J connectivity index is 1.60. The maximum absolute atomic E-state index is 5.79. The molecule has 1 unspecified atom stereocenters. The highest BCUT2D eigenvalue weighted by Gasteiger charge is 2.62. The number of hydrogen-bond acceptors (Lipinski definition) is 6. The molecule has 0 aromatic heterocycles. The maximum Gasteiger partial charge on any atom is 0.333 e. The molecule has 6 nitrogen and oxygen atoms in total. The minimum atomic E-state index is -1.20. The summed E-state index contributed by atoms with van der Waals surface area (Å²) in [5.74, 6) is -0.602. The molecule has 90 valence electrons. The van der Waals surface area contributed by atoms with Gasteiger partial charge in [-0.1, -0.05) is 0 Å². The summed E-state index contributed by atoms with van der Waals surface area (Å²) in [5, 5.41) is 0. The predicted octanol–water partition coefficient (Wildman–Crippen LogP) is 0.904. The summed E-state index contributed by atoms with van der Waals surface area (Å²) in [6.45, 7) is 4.29. The Bertz CT molecular complexity index is 323. The van der Waals surface area contributed by atoms with Gasteiger partial charge in [0, 0.05) is 0 Å². The van der Waals surface area contributed by atoms with Crippen molar-refractivity contribution < 1.29 is 27.8 Å². The molecule has 0 aliphatic carbocycles. The standard InChI is InChI=1S/C9H13O6P/c1-9(2)12-7-6-5(11-8(7)13-9)4-3-10-16(14-4)15-6/h4-8H,3H2,1-2H3/t4-,5-,6+,7-,8-,16?/m1/s1. The van der Waals surface area contributed by atoms with Crippen LogP contribution in [0, 0.1) is 0 Å². The monoisotopic (exact) mass is 248 g/mol. The van der Waals surface area contributed by atoms with Crippen LogP contribution in [0.4, 0.5) is 0 Å². The van der Waals surface area contributed by atoms with Crippen LogP contribution in [0.5, 0.6) is 0 Å². The van der Waals surface area contributed by atoms with Crippen molar-refractivity contribution in [2.45, 2.75) is 50.3 Å². The van der Waals surface area contributed by atoms with Crippen molar-refractivity contribution in [2.75, 3.05) is 6.61 Å². The third kappa shape index (κ3) is 1.32. The molecule has 0 saturated carbocycles. The molecular formula is C9H13O6P. The normalized spacial score (nSPS) is 57.4. The first kappa shape index (κ1) is 10.1. The van der Waals surface area contributed by atoms with Gasteiger partial charge < -0.3 is 27.8 Å². The lowest BCUT2D eigenvalue weighted by atomic mass is 10.1. The Hall–Kier alpha value is 0.190. The van der Waals surface area contributed by atoms with Gasteiger partial charge in [-0.25, -0.2) is 0 Å². The fourth-order valence-electron chi connectivity index (χ4n) is 2.54. The zero-order valence-electron chi connectivity index (χ0n) is 8.99. The number of hydrogen-bond donors (Lipinski definition) is 0. The molecule has 4 fully saturated rings. The van der Waals surface area contributed by atoms with Gasteiger partial charge in [-0.3, -0.25) is 0 Å². The van der Waals surface area contributed by atoms with Gasteiger partial charge in [-0.2, -0.15) is 0 Å². The first-order chi connectivity index (χ1) is 7.62. The molecule has 4 saturated heterocycles. The maximum atomic E-state index is 5.79. The molecule has 4 heterocycles. The predicted molar refractivity (Wildman–Crippen MR) is 51.3 cm³/mol. The van der Waals surface area contributed by atoms with E-state index in [9.17, 15) is 0 Å². The van der Waals surface area contributed by atoms with Crippen molar-refractivity contribution in [3.63, 3.8) is 0 Å². The summed E-state index contributed by atoms with van der Waals surface area (Å²) in [4.78, 5) is 0. The van der Waals surface area contributed by atoms with E-state index < -0.39 is 14.4 Å². The molecule has 6 atom stereocenters. The average Bonchev–Trinajstić information content (AvgIpc) is 2.80. The molecule has 4 aliphatic heterocycles. The van der Waals surface area contributed by atoms with Gasteiger partial charge in [0.05, 0.1) is 6.61 Å². The quantitative estimate of drug-likeness (QED) is 0.594. The summed E-state index contributed by atoms with van der Waals surface area (Å²) in [6, 6.07) is 0. The molecule has 7 heteroatoms. The zero-order valence-corrected chi connectivity index (χ0v) is 9.88. The van der Waals surface area contributed by atoms with E-state index in [2.05, 4.69) is 0 Å². The molecule has 4 rings (SSSR count). The van der Waals surface area contributed by atoms with Crippen LogP contribution in [0.3, 0.4) is 0 Å². The summed E-state index contributed by atoms with van der Waals surface area (Å²) in [5.41, 5.74) is 0. The van der Waals surface area contributed by atoms with Gasteiger partial charge in [0.2, 0.25) is 0 Å². The van der Waals surface area contributed by atoms with Crippen LogP contribution in [0.25, 0.3) is 0 Å². The van der Waals surface area contributed by atoms with E-state index in [-0.39, 0.29) is 30.7 Å². The minimum Gasteiger partial charge on any atom is -0.341 e. The van der Waals surface area contributed by atoms with Crippen molar-refractivity contribution in [3.8, 4) is 0 Å². The minimum absolute atomic E-state index is 0.0363. The van der Waals surface area contributed by atoms with Gasteiger partial charge in [-0.05, 0) is 13.8 Å². The first-order valence-electron chi connectivity index (χ1n) is 5.40. The molecule has 0 aromatic rings. The molecule has 0 aromatic carbocycles. The van der Waals surface area contributed by atoms with E-state index in [1.807, 2.05) is 13.8 Å². The largest absolute Gasteiger partial charge is 0.341 e. The van der Waals surface area contributed by atoms with E-state index in [1.54, 1.807) is 0 Å². The fraction of sp³-hybridized carbons (Fsp3) is 1.00. The average molecular weight is 248 g/mol. The highest BCUT2D eigenvalue weighted by atomic mass is 31.2. The van der Waals surface area contributed by atoms with Crippen molar-refractivity contribution >= 4 is 8.60 Å². The number of fused-ring (bicyclic) bond motifs is 6. The molecular weight excluding hydrogens is 235 g/mol. The third-order valence-corrected chi connectivity index (χ3v) is 4.39. The Kier molecular flexibility index (Phi) is 1.99. The summed E-state index contributed by atoms with van der Waals surface area (Å²) in [6.07, 6.45) is -0.806. The van der Waals surface area contributed by atoms with Crippen molar-refractivity contribution in [1.29, 1.82) is 0 Å². The van der Waals surface area contributed by atoms with Crippen LogP contribution in [0.15, 0.2) is 0 Å². The Morgan fingerprint density at radius 3 is 2.81 bits per heavy atom. The smallest absolute Gasteiger partial charge is 0.333 e. The van der Waals surface area contributed by atoms with E-state index >= 15 is 0 Å². The molecule has 4 aliphatic rings. The lowest BCUT2D eigenvalue weighted by molar-refractivity contribution is -0.224. The molecule has 0 radical (unpaired) electrons. The third-order valence-electron chi connectivity index (χ3n) is 3.17. The Labute approximate surface area is 94.1 Å². The van der Waals surface area contributed by atoms with Gasteiger partial charge >= 0.3 is 8.60 Å². The topological polar surface area (TPSA) is 55.4 Å². The lowest BCUT2D eigenvalue weighted by Crippen LogP contribution is -2.44. The van der Waals surface area contributed by atoms with Crippen LogP contribution >= 0.6 is 8.60 Å². The van der Waals surface area contributed by atoms with E-state index in [1.165, 1.54) is 0 Å². The van der Waals surface area contributed by atoms with Crippen LogP contribution in [0.2, 0.25) is 0 Å². The highest BCUT2D eigenvalue weighted by molar-refractivity contribution is 7.42. The second-order valence-corrected chi connectivity index (χ2v) is 5.93. The van der Waals surface area contributed by atoms with Crippen molar-refractivity contribution in [2.24, 2.45) is 0 Å². The molecule has 0 spiro atoms. The van der Waals surface area contributed by atoms with Crippen LogP contribution in [0.1, 0.15) is 13.8 Å². The van der Waals surface area contributed by atoms with Crippen molar-refractivity contribution in [1.82, 2.24) is 0 Å². The van der Waals surface area contributed by atoms with Gasteiger partial charge in [0.1, 0.15) is 24.4 Å². The van der Waals surface area contributed by atoms with Gasteiger partial charge in [0.15, 0.2) is 12.1 Å². The van der Waals surface area contributed by atoms with Crippen LogP contribution < -0.4 is 0 Å². The van der Waals surface area contributed by atoms with Crippen LogP contribution in [-0.2, 0) is 27.8 Å². The Morgan fingerprint density at radius 1 is 1.06 bits per heavy atom. The molecule has 0 N–H and O–H groups in total. The molecule has 16 heavy (non-hydrogen) atoms. The first-order valence-corrected chi connectivity index (χ1v) is 6.50. The second kappa shape index (κ2) is 3.14. The fourth-order valence-corrected chi connectivity index (χ4v) is 3.82. The zero-order chi connectivity index (χ0) is 10.9. The van der Waals surface area contributed by atoms with E-state index in [0.29, 0.717) is 6.61 Å². The van der Waals surface area contributed by atoms with Gasteiger partial charge in [-0.15, -0.1) is 0 Å². The number of rotatable bonds is 0. The Morgan fingerprint density at radius 2 is 1.94 bits per heavy atom. The highest BCUT2D eigenvalue weighted by Crippen LogP contribution is 2.57. The van der Waals surface area contributed by atoms with E-state index in [4.69, 9.17) is 27.8 Å². The number of ether oxygens (including phenoxy) is 3. The molecule has 2 bridgehead atoms.